The average Bonchev–Trinajstić information content (AvgIpc) is 3.53. The van der Waals surface area contributed by atoms with E-state index in [9.17, 15) is 14.4 Å². The van der Waals surface area contributed by atoms with Crippen LogP contribution in [-0.2, 0) is 17.9 Å². The molecule has 0 radical (unpaired) electrons. The van der Waals surface area contributed by atoms with Gasteiger partial charge in [-0.3, -0.25) is 14.2 Å². The van der Waals surface area contributed by atoms with E-state index in [1.807, 2.05) is 24.5 Å². The summed E-state index contributed by atoms with van der Waals surface area (Å²) in [5.74, 6) is 0.313. The van der Waals surface area contributed by atoms with E-state index in [-0.39, 0.29) is 24.4 Å². The molecule has 1 amide bonds. The van der Waals surface area contributed by atoms with Crippen molar-refractivity contribution in [3.8, 4) is 0 Å². The highest BCUT2D eigenvalue weighted by Gasteiger charge is 2.20. The molecule has 0 saturated carbocycles. The third-order valence-electron chi connectivity index (χ3n) is 4.93. The number of nitrogens with one attached hydrogen (secondary N) is 1. The molecule has 4 aromatic heterocycles. The summed E-state index contributed by atoms with van der Waals surface area (Å²) in [6.07, 6.45) is 3.47. The van der Waals surface area contributed by atoms with Gasteiger partial charge in [0.1, 0.15) is 17.0 Å². The van der Waals surface area contributed by atoms with E-state index >= 15 is 0 Å². The van der Waals surface area contributed by atoms with Crippen LogP contribution < -0.4 is 16.6 Å². The fraction of sp³-hybridized carbons (Fsp3) is 0.143. The summed E-state index contributed by atoms with van der Waals surface area (Å²) >= 11 is 2.82. The van der Waals surface area contributed by atoms with Gasteiger partial charge in [-0.2, -0.15) is 0 Å². The number of thioether (sulfide) groups is 1. The highest BCUT2D eigenvalue weighted by atomic mass is 32.2. The molecule has 0 fully saturated rings. The molecule has 0 saturated heterocycles. The van der Waals surface area contributed by atoms with Crippen molar-refractivity contribution in [3.63, 3.8) is 0 Å². The average molecular weight is 468 g/mol. The van der Waals surface area contributed by atoms with E-state index in [1.54, 1.807) is 41.4 Å². The Labute approximate surface area is 188 Å². The van der Waals surface area contributed by atoms with E-state index < -0.39 is 11.6 Å². The number of furan rings is 1. The number of carbonyl (C=O) groups excluding carboxylic acids is 1. The molecule has 5 aromatic rings. The first kappa shape index (κ1) is 20.3. The van der Waals surface area contributed by atoms with Gasteiger partial charge in [0, 0.05) is 10.6 Å². The largest absolute Gasteiger partial charge is 0.467 e. The second kappa shape index (κ2) is 8.17. The first-order valence-corrected chi connectivity index (χ1v) is 11.7. The van der Waals surface area contributed by atoms with Crippen molar-refractivity contribution in [2.24, 2.45) is 0 Å². The lowest BCUT2D eigenvalue weighted by molar-refractivity contribution is -0.117. The summed E-state index contributed by atoms with van der Waals surface area (Å²) in [5, 5.41) is 8.86. The molecule has 162 valence electrons. The molecule has 0 aliphatic rings. The standard InChI is InChI=1S/C21H17N5O4S2/c1-31-15-6-2-4-13(10-15)22-17(27)12-25-21(29)26-16-7-9-32-18(16)19(28)24(20(26)23-25)11-14-5-3-8-30-14/h2-10H,11-12H2,1H3,(H,22,27). The third kappa shape index (κ3) is 3.55. The lowest BCUT2D eigenvalue weighted by Crippen LogP contribution is -2.29. The highest BCUT2D eigenvalue weighted by molar-refractivity contribution is 7.98. The number of aromatic nitrogens is 4. The Bertz CT molecular complexity index is 1560. The van der Waals surface area contributed by atoms with Gasteiger partial charge in [-0.15, -0.1) is 28.2 Å². The summed E-state index contributed by atoms with van der Waals surface area (Å²) in [6.45, 7) is -0.169. The van der Waals surface area contributed by atoms with Crippen LogP contribution in [0.25, 0.3) is 16.0 Å². The van der Waals surface area contributed by atoms with Crippen LogP contribution in [0.4, 0.5) is 5.69 Å². The van der Waals surface area contributed by atoms with E-state index in [0.717, 1.165) is 9.58 Å². The Morgan fingerprint density at radius 1 is 1.22 bits per heavy atom. The van der Waals surface area contributed by atoms with Crippen molar-refractivity contribution in [2.75, 3.05) is 11.6 Å². The third-order valence-corrected chi connectivity index (χ3v) is 6.55. The quantitative estimate of drug-likeness (QED) is 0.385. The molecule has 0 aliphatic carbocycles. The Morgan fingerprint density at radius 2 is 2.09 bits per heavy atom. The predicted octanol–water partition coefficient (Wildman–Crippen LogP) is 2.87. The molecule has 9 nitrogen and oxygen atoms in total. The molecule has 5 rings (SSSR count). The Hall–Kier alpha value is -3.57. The number of hydrogen-bond donors (Lipinski definition) is 1. The second-order valence-corrected chi connectivity index (χ2v) is 8.76. The fourth-order valence-electron chi connectivity index (χ4n) is 3.48. The molecular weight excluding hydrogens is 450 g/mol. The van der Waals surface area contributed by atoms with Crippen molar-refractivity contribution in [3.05, 3.63) is 80.7 Å². The smallest absolute Gasteiger partial charge is 0.352 e. The molecule has 11 heteroatoms. The number of benzene rings is 1. The maximum absolute atomic E-state index is 13.1. The van der Waals surface area contributed by atoms with Crippen LogP contribution in [0.1, 0.15) is 5.76 Å². The van der Waals surface area contributed by atoms with Gasteiger partial charge in [-0.1, -0.05) is 6.07 Å². The zero-order valence-corrected chi connectivity index (χ0v) is 18.5. The summed E-state index contributed by atoms with van der Waals surface area (Å²) in [7, 11) is 0. The molecule has 1 aromatic carbocycles. The summed E-state index contributed by atoms with van der Waals surface area (Å²) in [5.41, 5.74) is 0.336. The van der Waals surface area contributed by atoms with Crippen LogP contribution in [0, 0.1) is 0 Å². The maximum Gasteiger partial charge on any atom is 0.352 e. The van der Waals surface area contributed by atoms with Gasteiger partial charge in [0.15, 0.2) is 0 Å². The van der Waals surface area contributed by atoms with E-state index in [0.29, 0.717) is 21.7 Å². The van der Waals surface area contributed by atoms with Crippen LogP contribution in [0.15, 0.2) is 73.0 Å². The van der Waals surface area contributed by atoms with Crippen molar-refractivity contribution in [2.45, 2.75) is 18.0 Å². The normalized spacial score (nSPS) is 11.4. The zero-order valence-electron chi connectivity index (χ0n) is 16.8. The molecule has 1 N–H and O–H groups in total. The molecular formula is C21H17N5O4S2. The molecule has 0 aliphatic heterocycles. The number of rotatable bonds is 6. The van der Waals surface area contributed by atoms with Gasteiger partial charge in [0.2, 0.25) is 11.7 Å². The monoisotopic (exact) mass is 467 g/mol. The SMILES string of the molecule is CSc1cccc(NC(=O)Cn2nc3n(Cc4ccco4)c(=O)c4sccc4n3c2=O)c1. The minimum absolute atomic E-state index is 0.118. The number of fused-ring (bicyclic) bond motifs is 3. The van der Waals surface area contributed by atoms with Crippen molar-refractivity contribution < 1.29 is 9.21 Å². The number of thiophene rings is 1. The van der Waals surface area contributed by atoms with Gasteiger partial charge in [-0.25, -0.2) is 13.9 Å². The molecule has 0 atom stereocenters. The van der Waals surface area contributed by atoms with Gasteiger partial charge >= 0.3 is 5.69 Å². The van der Waals surface area contributed by atoms with Crippen LogP contribution in [-0.4, -0.2) is 30.9 Å². The van der Waals surface area contributed by atoms with Gasteiger partial charge < -0.3 is 9.73 Å². The first-order chi connectivity index (χ1) is 15.5. The summed E-state index contributed by atoms with van der Waals surface area (Å²) in [4.78, 5) is 39.8. The van der Waals surface area contributed by atoms with Crippen molar-refractivity contribution in [1.82, 2.24) is 18.7 Å². The maximum atomic E-state index is 13.1. The van der Waals surface area contributed by atoms with Crippen molar-refractivity contribution in [1.29, 1.82) is 0 Å². The van der Waals surface area contributed by atoms with Gasteiger partial charge in [-0.05, 0) is 48.0 Å². The first-order valence-electron chi connectivity index (χ1n) is 9.61. The molecule has 0 unspecified atom stereocenters. The lowest BCUT2D eigenvalue weighted by atomic mass is 10.3. The lowest BCUT2D eigenvalue weighted by Gasteiger charge is -2.06. The number of anilines is 1. The van der Waals surface area contributed by atoms with Crippen LogP contribution >= 0.6 is 23.1 Å². The highest BCUT2D eigenvalue weighted by Crippen LogP contribution is 2.20. The summed E-state index contributed by atoms with van der Waals surface area (Å²) < 4.78 is 9.62. The number of hydrogen-bond acceptors (Lipinski definition) is 7. The van der Waals surface area contributed by atoms with Crippen molar-refractivity contribution >= 4 is 50.7 Å². The van der Waals surface area contributed by atoms with E-state index in [1.165, 1.54) is 26.6 Å². The molecule has 0 bridgehead atoms. The number of nitrogens with zero attached hydrogens (tertiary/aromatic N) is 4. The van der Waals surface area contributed by atoms with E-state index in [2.05, 4.69) is 10.4 Å². The van der Waals surface area contributed by atoms with E-state index in [4.69, 9.17) is 4.42 Å². The van der Waals surface area contributed by atoms with Gasteiger partial charge in [0.25, 0.3) is 5.56 Å². The topological polar surface area (TPSA) is 104 Å². The number of carbonyl (C=O) groups is 1. The summed E-state index contributed by atoms with van der Waals surface area (Å²) in [6, 6.07) is 12.6. The Balaban J connectivity index is 1.56. The zero-order chi connectivity index (χ0) is 22.2. The van der Waals surface area contributed by atoms with Crippen LogP contribution in [0.2, 0.25) is 0 Å². The molecule has 32 heavy (non-hydrogen) atoms. The Kier molecular flexibility index (Phi) is 5.19. The predicted molar refractivity (Wildman–Crippen MR) is 124 cm³/mol. The second-order valence-electron chi connectivity index (χ2n) is 6.96. The number of amides is 1. The Morgan fingerprint density at radius 3 is 2.88 bits per heavy atom. The minimum atomic E-state index is -0.496. The fourth-order valence-corrected chi connectivity index (χ4v) is 4.76. The molecule has 4 heterocycles. The minimum Gasteiger partial charge on any atom is -0.467 e. The molecule has 0 spiro atoms. The van der Waals surface area contributed by atoms with Crippen LogP contribution in [0.5, 0.6) is 0 Å². The van der Waals surface area contributed by atoms with Crippen LogP contribution in [0.3, 0.4) is 0 Å². The van der Waals surface area contributed by atoms with Gasteiger partial charge in [0.05, 0.1) is 18.3 Å².